The first-order valence-corrected chi connectivity index (χ1v) is 9.20. The molecule has 110 valence electrons. The molecule has 1 aliphatic rings. The maximum Gasteiger partial charge on any atom is 0.122 e. The summed E-state index contributed by atoms with van der Waals surface area (Å²) in [5.74, 6) is 2.22. The third kappa shape index (κ3) is 3.70. The molecule has 2 atom stereocenters. The predicted octanol–water partition coefficient (Wildman–Crippen LogP) is 5.57. The highest BCUT2D eigenvalue weighted by Crippen LogP contribution is 2.38. The van der Waals surface area contributed by atoms with Gasteiger partial charge in [-0.05, 0) is 42.5 Å². The Hall–Kier alpha value is -0.800. The highest BCUT2D eigenvalue weighted by molar-refractivity contribution is 9.10. The van der Waals surface area contributed by atoms with Gasteiger partial charge < -0.3 is 4.74 Å². The normalized spacial score (nSPS) is 18.1. The van der Waals surface area contributed by atoms with Crippen LogP contribution >= 0.6 is 31.9 Å². The molecule has 0 fully saturated rings. The second kappa shape index (κ2) is 6.97. The van der Waals surface area contributed by atoms with E-state index in [1.165, 1.54) is 11.1 Å². The maximum atomic E-state index is 5.80. The standard InChI is InChI=1S/C18H18Br2O/c19-11-14(8-13-4-3-5-16(20)10-13)9-15-12-21-18-7-2-1-6-17(15)18/h1-7,10,14-15H,8-9,11-12H2. The molecule has 0 spiro atoms. The van der Waals surface area contributed by atoms with Gasteiger partial charge in [-0.2, -0.15) is 0 Å². The van der Waals surface area contributed by atoms with Crippen LogP contribution in [0.5, 0.6) is 5.75 Å². The van der Waals surface area contributed by atoms with Crippen LogP contribution in [0, 0.1) is 5.92 Å². The largest absolute Gasteiger partial charge is 0.493 e. The molecule has 0 bridgehead atoms. The first-order valence-electron chi connectivity index (χ1n) is 7.28. The van der Waals surface area contributed by atoms with E-state index in [0.717, 1.165) is 35.0 Å². The van der Waals surface area contributed by atoms with Crippen LogP contribution in [-0.4, -0.2) is 11.9 Å². The summed E-state index contributed by atoms with van der Waals surface area (Å²) in [6, 6.07) is 17.0. The minimum atomic E-state index is 0.524. The topological polar surface area (TPSA) is 9.23 Å². The summed E-state index contributed by atoms with van der Waals surface area (Å²) in [5.41, 5.74) is 2.76. The summed E-state index contributed by atoms with van der Waals surface area (Å²) >= 11 is 7.24. The first kappa shape index (κ1) is 15.1. The molecular formula is C18H18Br2O. The van der Waals surface area contributed by atoms with Gasteiger partial charge in [0.15, 0.2) is 0 Å². The number of para-hydroxylation sites is 1. The van der Waals surface area contributed by atoms with Crippen molar-refractivity contribution in [2.45, 2.75) is 18.8 Å². The summed E-state index contributed by atoms with van der Waals surface area (Å²) in [7, 11) is 0. The predicted molar refractivity (Wildman–Crippen MR) is 94.4 cm³/mol. The number of hydrogen-bond acceptors (Lipinski definition) is 1. The molecule has 1 aliphatic heterocycles. The van der Waals surface area contributed by atoms with Gasteiger partial charge in [-0.3, -0.25) is 0 Å². The Bertz CT molecular complexity index is 612. The quantitative estimate of drug-likeness (QED) is 0.586. The van der Waals surface area contributed by atoms with Gasteiger partial charge in [-0.1, -0.05) is 62.2 Å². The van der Waals surface area contributed by atoms with Crippen molar-refractivity contribution < 1.29 is 4.74 Å². The highest BCUT2D eigenvalue weighted by Gasteiger charge is 2.26. The summed E-state index contributed by atoms with van der Waals surface area (Å²) < 4.78 is 6.96. The Balaban J connectivity index is 1.68. The van der Waals surface area contributed by atoms with Gasteiger partial charge in [0.05, 0.1) is 6.61 Å². The Morgan fingerprint density at radius 1 is 1.14 bits per heavy atom. The molecule has 2 aromatic rings. The number of benzene rings is 2. The van der Waals surface area contributed by atoms with Gasteiger partial charge in [-0.15, -0.1) is 0 Å². The highest BCUT2D eigenvalue weighted by atomic mass is 79.9. The van der Waals surface area contributed by atoms with Crippen LogP contribution in [0.2, 0.25) is 0 Å². The van der Waals surface area contributed by atoms with Gasteiger partial charge in [0, 0.05) is 21.3 Å². The van der Waals surface area contributed by atoms with Crippen molar-refractivity contribution in [1.82, 2.24) is 0 Å². The number of rotatable bonds is 5. The van der Waals surface area contributed by atoms with Crippen molar-refractivity contribution in [3.05, 3.63) is 64.1 Å². The molecule has 1 nitrogen and oxygen atoms in total. The Morgan fingerprint density at radius 2 is 2.00 bits per heavy atom. The van der Waals surface area contributed by atoms with Crippen LogP contribution in [0.15, 0.2) is 53.0 Å². The zero-order chi connectivity index (χ0) is 14.7. The lowest BCUT2D eigenvalue weighted by molar-refractivity contribution is 0.311. The van der Waals surface area contributed by atoms with E-state index in [1.807, 2.05) is 6.07 Å². The first-order chi connectivity index (χ1) is 10.3. The number of alkyl halides is 1. The van der Waals surface area contributed by atoms with E-state index in [1.54, 1.807) is 0 Å². The smallest absolute Gasteiger partial charge is 0.122 e. The molecule has 0 aromatic heterocycles. The SMILES string of the molecule is BrCC(Cc1cccc(Br)c1)CC1COc2ccccc21. The average molecular weight is 410 g/mol. The molecule has 0 saturated heterocycles. The van der Waals surface area contributed by atoms with E-state index in [2.05, 4.69) is 74.3 Å². The van der Waals surface area contributed by atoms with E-state index in [9.17, 15) is 0 Å². The summed E-state index contributed by atoms with van der Waals surface area (Å²) in [6.07, 6.45) is 2.26. The van der Waals surface area contributed by atoms with Crippen LogP contribution < -0.4 is 4.74 Å². The van der Waals surface area contributed by atoms with E-state index in [4.69, 9.17) is 4.74 Å². The van der Waals surface area contributed by atoms with Gasteiger partial charge in [-0.25, -0.2) is 0 Å². The molecule has 3 rings (SSSR count). The van der Waals surface area contributed by atoms with E-state index in [-0.39, 0.29) is 0 Å². The average Bonchev–Trinajstić information content (AvgIpc) is 2.90. The molecule has 2 aromatic carbocycles. The molecule has 21 heavy (non-hydrogen) atoms. The molecule has 0 amide bonds. The van der Waals surface area contributed by atoms with Gasteiger partial charge in [0.25, 0.3) is 0 Å². The molecular weight excluding hydrogens is 392 g/mol. The molecule has 0 saturated carbocycles. The lowest BCUT2D eigenvalue weighted by Crippen LogP contribution is -2.13. The molecule has 3 heteroatoms. The minimum Gasteiger partial charge on any atom is -0.493 e. The number of ether oxygens (including phenoxy) is 1. The molecule has 0 aliphatic carbocycles. The van der Waals surface area contributed by atoms with Crippen LogP contribution in [0.1, 0.15) is 23.5 Å². The van der Waals surface area contributed by atoms with Crippen LogP contribution in [-0.2, 0) is 6.42 Å². The van der Waals surface area contributed by atoms with E-state index in [0.29, 0.717) is 11.8 Å². The molecule has 0 N–H and O–H groups in total. The maximum absolute atomic E-state index is 5.80. The van der Waals surface area contributed by atoms with Crippen molar-refractivity contribution in [1.29, 1.82) is 0 Å². The van der Waals surface area contributed by atoms with Gasteiger partial charge in [0.1, 0.15) is 5.75 Å². The minimum absolute atomic E-state index is 0.524. The Labute approximate surface area is 143 Å². The molecule has 1 heterocycles. The second-order valence-electron chi connectivity index (χ2n) is 5.64. The van der Waals surface area contributed by atoms with E-state index >= 15 is 0 Å². The van der Waals surface area contributed by atoms with Crippen molar-refractivity contribution in [2.24, 2.45) is 5.92 Å². The van der Waals surface area contributed by atoms with Crippen molar-refractivity contribution in [3.8, 4) is 5.75 Å². The summed E-state index contributed by atoms with van der Waals surface area (Å²) in [5, 5.41) is 1.03. The molecule has 0 radical (unpaired) electrons. The zero-order valence-electron chi connectivity index (χ0n) is 11.8. The number of fused-ring (bicyclic) bond motifs is 1. The summed E-state index contributed by atoms with van der Waals surface area (Å²) in [4.78, 5) is 0. The fourth-order valence-electron chi connectivity index (χ4n) is 3.02. The zero-order valence-corrected chi connectivity index (χ0v) is 14.9. The third-order valence-corrected chi connectivity index (χ3v) is 5.46. The summed E-state index contributed by atoms with van der Waals surface area (Å²) in [6.45, 7) is 0.821. The van der Waals surface area contributed by atoms with Crippen LogP contribution in [0.25, 0.3) is 0 Å². The van der Waals surface area contributed by atoms with Gasteiger partial charge in [0.2, 0.25) is 0 Å². The van der Waals surface area contributed by atoms with E-state index < -0.39 is 0 Å². The third-order valence-electron chi connectivity index (χ3n) is 4.05. The Morgan fingerprint density at radius 3 is 2.81 bits per heavy atom. The lowest BCUT2D eigenvalue weighted by atomic mass is 9.88. The van der Waals surface area contributed by atoms with Gasteiger partial charge >= 0.3 is 0 Å². The van der Waals surface area contributed by atoms with Crippen LogP contribution in [0.3, 0.4) is 0 Å². The fourth-order valence-corrected chi connectivity index (χ4v) is 3.96. The van der Waals surface area contributed by atoms with Crippen molar-refractivity contribution in [2.75, 3.05) is 11.9 Å². The van der Waals surface area contributed by atoms with Crippen molar-refractivity contribution >= 4 is 31.9 Å². The number of hydrogen-bond donors (Lipinski definition) is 0. The second-order valence-corrected chi connectivity index (χ2v) is 7.20. The molecule has 2 unspecified atom stereocenters. The van der Waals surface area contributed by atoms with Crippen molar-refractivity contribution in [3.63, 3.8) is 0 Å². The monoisotopic (exact) mass is 408 g/mol. The fraction of sp³-hybridized carbons (Fsp3) is 0.333. The lowest BCUT2D eigenvalue weighted by Gasteiger charge is -2.18. The Kier molecular flexibility index (Phi) is 5.02. The number of halogens is 2. The van der Waals surface area contributed by atoms with Crippen LogP contribution in [0.4, 0.5) is 0 Å².